The van der Waals surface area contributed by atoms with Gasteiger partial charge in [0, 0.05) is 15.8 Å². The Hall–Kier alpha value is -1.32. The lowest BCUT2D eigenvalue weighted by atomic mass is 9.88. The van der Waals surface area contributed by atoms with Crippen LogP contribution in [0.5, 0.6) is 0 Å². The molecule has 0 fully saturated rings. The van der Waals surface area contributed by atoms with Gasteiger partial charge in [-0.1, -0.05) is 17.8 Å². The quantitative estimate of drug-likeness (QED) is 0.887. The van der Waals surface area contributed by atoms with E-state index in [1.54, 1.807) is 11.8 Å². The van der Waals surface area contributed by atoms with Gasteiger partial charge in [0.15, 0.2) is 0 Å². The lowest BCUT2D eigenvalue weighted by molar-refractivity contribution is 0.496. The monoisotopic (exact) mass is 287 g/mol. The molecule has 2 aromatic carbocycles. The summed E-state index contributed by atoms with van der Waals surface area (Å²) in [5, 5.41) is 3.39. The van der Waals surface area contributed by atoms with E-state index in [0.29, 0.717) is 6.04 Å². The van der Waals surface area contributed by atoms with Crippen LogP contribution in [0.3, 0.4) is 0 Å². The molecule has 20 heavy (non-hydrogen) atoms. The summed E-state index contributed by atoms with van der Waals surface area (Å²) >= 11 is 1.69. The molecule has 1 unspecified atom stereocenters. The highest BCUT2D eigenvalue weighted by atomic mass is 32.2. The first-order chi connectivity index (χ1) is 9.76. The maximum absolute atomic E-state index is 12.9. The van der Waals surface area contributed by atoms with Crippen molar-refractivity contribution < 1.29 is 4.39 Å². The predicted molar refractivity (Wildman–Crippen MR) is 81.7 cm³/mol. The average molecular weight is 287 g/mol. The number of hydrogen-bond acceptors (Lipinski definition) is 2. The van der Waals surface area contributed by atoms with Crippen molar-refractivity contribution in [1.82, 2.24) is 5.32 Å². The third-order valence-corrected chi connectivity index (χ3v) is 4.82. The van der Waals surface area contributed by atoms with E-state index in [4.69, 9.17) is 0 Å². The van der Waals surface area contributed by atoms with Crippen molar-refractivity contribution in [2.45, 2.75) is 35.1 Å². The van der Waals surface area contributed by atoms with E-state index in [2.05, 4.69) is 23.5 Å². The molecule has 0 amide bonds. The summed E-state index contributed by atoms with van der Waals surface area (Å²) in [5.41, 5.74) is 2.88. The molecule has 0 heterocycles. The van der Waals surface area contributed by atoms with E-state index in [9.17, 15) is 4.39 Å². The van der Waals surface area contributed by atoms with Gasteiger partial charge in [-0.05, 0) is 73.8 Å². The Morgan fingerprint density at radius 2 is 1.85 bits per heavy atom. The summed E-state index contributed by atoms with van der Waals surface area (Å²) in [6.07, 6.45) is 3.61. The summed E-state index contributed by atoms with van der Waals surface area (Å²) in [4.78, 5) is 2.31. The van der Waals surface area contributed by atoms with Crippen LogP contribution in [0.4, 0.5) is 4.39 Å². The van der Waals surface area contributed by atoms with Crippen LogP contribution in [-0.2, 0) is 6.42 Å². The topological polar surface area (TPSA) is 12.0 Å². The van der Waals surface area contributed by atoms with Crippen molar-refractivity contribution in [2.75, 3.05) is 7.05 Å². The Balaban J connectivity index is 1.83. The molecule has 3 rings (SSSR count). The maximum Gasteiger partial charge on any atom is 0.123 e. The number of halogens is 1. The van der Waals surface area contributed by atoms with Crippen molar-refractivity contribution in [3.05, 3.63) is 59.4 Å². The summed E-state index contributed by atoms with van der Waals surface area (Å²) in [6.45, 7) is 0. The van der Waals surface area contributed by atoms with Crippen LogP contribution in [0.1, 0.15) is 30.0 Å². The highest BCUT2D eigenvalue weighted by molar-refractivity contribution is 7.99. The first-order valence-electron chi connectivity index (χ1n) is 7.00. The van der Waals surface area contributed by atoms with Crippen molar-refractivity contribution in [3.8, 4) is 0 Å². The number of benzene rings is 2. The normalized spacial score (nSPS) is 17.8. The molecule has 1 nitrogen and oxygen atoms in total. The third kappa shape index (κ3) is 2.89. The maximum atomic E-state index is 12.9. The van der Waals surface area contributed by atoms with Crippen molar-refractivity contribution in [1.29, 1.82) is 0 Å². The number of hydrogen-bond donors (Lipinski definition) is 1. The first-order valence-corrected chi connectivity index (χ1v) is 7.81. The summed E-state index contributed by atoms with van der Waals surface area (Å²) < 4.78 is 12.9. The van der Waals surface area contributed by atoms with E-state index in [0.717, 1.165) is 11.3 Å². The van der Waals surface area contributed by atoms with Gasteiger partial charge in [-0.15, -0.1) is 0 Å². The van der Waals surface area contributed by atoms with E-state index in [1.807, 2.05) is 19.2 Å². The van der Waals surface area contributed by atoms with Crippen molar-refractivity contribution in [2.24, 2.45) is 0 Å². The van der Waals surface area contributed by atoms with E-state index in [1.165, 1.54) is 41.0 Å². The Morgan fingerprint density at radius 1 is 1.10 bits per heavy atom. The van der Waals surface area contributed by atoms with Gasteiger partial charge in [-0.3, -0.25) is 0 Å². The SMILES string of the molecule is CNC1CCCc2cc(Sc3ccc(F)cc3)ccc21. The van der Waals surface area contributed by atoms with Gasteiger partial charge >= 0.3 is 0 Å². The minimum Gasteiger partial charge on any atom is -0.313 e. The van der Waals surface area contributed by atoms with Gasteiger partial charge < -0.3 is 5.32 Å². The largest absolute Gasteiger partial charge is 0.313 e. The Bertz CT molecular complexity index is 594. The molecule has 1 aliphatic rings. The van der Waals surface area contributed by atoms with Gasteiger partial charge in [-0.2, -0.15) is 0 Å². The first kappa shape index (κ1) is 13.7. The molecular weight excluding hydrogens is 269 g/mol. The number of rotatable bonds is 3. The van der Waals surface area contributed by atoms with E-state index >= 15 is 0 Å². The van der Waals surface area contributed by atoms with Crippen LogP contribution in [-0.4, -0.2) is 7.05 Å². The molecule has 104 valence electrons. The second kappa shape index (κ2) is 5.98. The van der Waals surface area contributed by atoms with Gasteiger partial charge in [0.25, 0.3) is 0 Å². The molecule has 3 heteroatoms. The second-order valence-electron chi connectivity index (χ2n) is 5.15. The highest BCUT2D eigenvalue weighted by Crippen LogP contribution is 2.34. The standard InChI is InChI=1S/C17H18FNS/c1-19-17-4-2-3-12-11-15(9-10-16(12)17)20-14-7-5-13(18)6-8-14/h5-11,17,19H,2-4H2,1H3. The van der Waals surface area contributed by atoms with Crippen LogP contribution in [0.2, 0.25) is 0 Å². The molecule has 2 aromatic rings. The molecule has 0 aliphatic heterocycles. The summed E-state index contributed by atoms with van der Waals surface area (Å²) in [5.74, 6) is -0.184. The van der Waals surface area contributed by atoms with Crippen LogP contribution >= 0.6 is 11.8 Å². The fourth-order valence-corrected chi connectivity index (χ4v) is 3.67. The minimum absolute atomic E-state index is 0.184. The average Bonchev–Trinajstić information content (AvgIpc) is 2.49. The fourth-order valence-electron chi connectivity index (χ4n) is 2.79. The smallest absolute Gasteiger partial charge is 0.123 e. The Morgan fingerprint density at radius 3 is 2.60 bits per heavy atom. The van der Waals surface area contributed by atoms with Crippen LogP contribution < -0.4 is 5.32 Å². The summed E-state index contributed by atoms with van der Waals surface area (Å²) in [7, 11) is 2.03. The van der Waals surface area contributed by atoms with Crippen LogP contribution in [0, 0.1) is 5.82 Å². The molecule has 1 atom stereocenters. The van der Waals surface area contributed by atoms with Gasteiger partial charge in [0.2, 0.25) is 0 Å². The van der Waals surface area contributed by atoms with Gasteiger partial charge in [0.05, 0.1) is 0 Å². The molecule has 1 aliphatic carbocycles. The number of fused-ring (bicyclic) bond motifs is 1. The zero-order valence-electron chi connectivity index (χ0n) is 11.5. The zero-order valence-corrected chi connectivity index (χ0v) is 12.3. The number of nitrogens with one attached hydrogen (secondary N) is 1. The van der Waals surface area contributed by atoms with Crippen molar-refractivity contribution >= 4 is 11.8 Å². The lowest BCUT2D eigenvalue weighted by Gasteiger charge is -2.25. The Labute approximate surface area is 123 Å². The zero-order chi connectivity index (χ0) is 13.9. The molecule has 0 saturated carbocycles. The molecule has 0 radical (unpaired) electrons. The Kier molecular flexibility index (Phi) is 4.08. The molecule has 0 aromatic heterocycles. The molecule has 1 N–H and O–H groups in total. The predicted octanol–water partition coefficient (Wildman–Crippen LogP) is 4.57. The number of aryl methyl sites for hydroxylation is 1. The second-order valence-corrected chi connectivity index (χ2v) is 6.30. The summed E-state index contributed by atoms with van der Waals surface area (Å²) in [6, 6.07) is 13.9. The van der Waals surface area contributed by atoms with E-state index < -0.39 is 0 Å². The van der Waals surface area contributed by atoms with Crippen molar-refractivity contribution in [3.63, 3.8) is 0 Å². The fraction of sp³-hybridized carbons (Fsp3) is 0.294. The molecule has 0 saturated heterocycles. The lowest BCUT2D eigenvalue weighted by Crippen LogP contribution is -2.21. The molecule has 0 bridgehead atoms. The van der Waals surface area contributed by atoms with E-state index in [-0.39, 0.29) is 5.82 Å². The van der Waals surface area contributed by atoms with Gasteiger partial charge in [0.1, 0.15) is 5.82 Å². The van der Waals surface area contributed by atoms with Gasteiger partial charge in [-0.25, -0.2) is 4.39 Å². The van der Waals surface area contributed by atoms with Crippen LogP contribution in [0.15, 0.2) is 52.3 Å². The molecular formula is C17H18FNS. The minimum atomic E-state index is -0.184. The highest BCUT2D eigenvalue weighted by Gasteiger charge is 2.18. The third-order valence-electron chi connectivity index (χ3n) is 3.83. The molecule has 0 spiro atoms. The van der Waals surface area contributed by atoms with Crippen LogP contribution in [0.25, 0.3) is 0 Å².